The summed E-state index contributed by atoms with van der Waals surface area (Å²) in [4.78, 5) is 29.3. The molecule has 1 unspecified atom stereocenters. The van der Waals surface area contributed by atoms with Crippen LogP contribution in [-0.2, 0) is 14.3 Å². The minimum absolute atomic E-state index is 0.331. The van der Waals surface area contributed by atoms with E-state index in [0.29, 0.717) is 24.5 Å². The molecule has 26 heavy (non-hydrogen) atoms. The molecule has 3 rings (SSSR count). The van der Waals surface area contributed by atoms with Gasteiger partial charge in [-0.1, -0.05) is 0 Å². The Morgan fingerprint density at radius 3 is 3.00 bits per heavy atom. The molecule has 1 saturated heterocycles. The number of likely N-dealkylation sites (N-methyl/N-ethyl adjacent to an activating group) is 1. The standard InChI is InChI=1S/C17H20FN5O3/c1-17(5-3-7-26-17)11-22(2)16(25)15(24)21-12-9-20-23(10-12)13-4-6-19-14(18)8-13/h4,6,8-10H,3,5,7,11H2,1-2H3,(H,21,24). The third kappa shape index (κ3) is 4.05. The van der Waals surface area contributed by atoms with E-state index < -0.39 is 23.4 Å². The average Bonchev–Trinajstić information content (AvgIpc) is 3.23. The third-order valence-corrected chi connectivity index (χ3v) is 4.23. The number of nitrogens with one attached hydrogen (secondary N) is 1. The van der Waals surface area contributed by atoms with Crippen LogP contribution in [0.5, 0.6) is 0 Å². The fourth-order valence-corrected chi connectivity index (χ4v) is 2.96. The first-order valence-electron chi connectivity index (χ1n) is 8.23. The second-order valence-corrected chi connectivity index (χ2v) is 6.53. The molecule has 2 amide bonds. The van der Waals surface area contributed by atoms with Gasteiger partial charge in [0.2, 0.25) is 5.95 Å². The van der Waals surface area contributed by atoms with Crippen LogP contribution in [0.15, 0.2) is 30.7 Å². The Morgan fingerprint density at radius 1 is 1.50 bits per heavy atom. The summed E-state index contributed by atoms with van der Waals surface area (Å²) in [6.07, 6.45) is 5.97. The molecule has 2 aromatic rings. The van der Waals surface area contributed by atoms with E-state index in [1.165, 1.54) is 34.2 Å². The maximum atomic E-state index is 13.2. The fraction of sp³-hybridized carbons (Fsp3) is 0.412. The van der Waals surface area contributed by atoms with E-state index in [4.69, 9.17) is 4.74 Å². The van der Waals surface area contributed by atoms with E-state index in [1.54, 1.807) is 13.1 Å². The van der Waals surface area contributed by atoms with Crippen LogP contribution in [-0.4, -0.2) is 57.3 Å². The number of rotatable bonds is 4. The summed E-state index contributed by atoms with van der Waals surface area (Å²) in [7, 11) is 1.57. The van der Waals surface area contributed by atoms with E-state index in [1.807, 2.05) is 6.92 Å². The van der Waals surface area contributed by atoms with E-state index in [9.17, 15) is 14.0 Å². The van der Waals surface area contributed by atoms with E-state index in [0.717, 1.165) is 12.8 Å². The number of carbonyl (C=O) groups excluding carboxylic acids is 2. The summed E-state index contributed by atoms with van der Waals surface area (Å²) in [5, 5.41) is 6.54. The largest absolute Gasteiger partial charge is 0.373 e. The first kappa shape index (κ1) is 18.0. The van der Waals surface area contributed by atoms with Crippen molar-refractivity contribution in [1.29, 1.82) is 0 Å². The van der Waals surface area contributed by atoms with Crippen LogP contribution < -0.4 is 5.32 Å². The van der Waals surface area contributed by atoms with Crippen LogP contribution in [0, 0.1) is 5.95 Å². The normalized spacial score (nSPS) is 19.3. The average molecular weight is 361 g/mol. The highest BCUT2D eigenvalue weighted by atomic mass is 19.1. The van der Waals surface area contributed by atoms with Gasteiger partial charge in [-0.2, -0.15) is 9.49 Å². The lowest BCUT2D eigenvalue weighted by Gasteiger charge is -2.28. The van der Waals surface area contributed by atoms with E-state index >= 15 is 0 Å². The topological polar surface area (TPSA) is 89.4 Å². The molecule has 0 radical (unpaired) electrons. The third-order valence-electron chi connectivity index (χ3n) is 4.23. The van der Waals surface area contributed by atoms with Crippen molar-refractivity contribution in [3.8, 4) is 5.69 Å². The molecule has 1 atom stereocenters. The van der Waals surface area contributed by atoms with Crippen LogP contribution in [0.4, 0.5) is 10.1 Å². The van der Waals surface area contributed by atoms with Crippen molar-refractivity contribution in [2.24, 2.45) is 0 Å². The van der Waals surface area contributed by atoms with Crippen molar-refractivity contribution < 1.29 is 18.7 Å². The molecular weight excluding hydrogens is 341 g/mol. The van der Waals surface area contributed by atoms with E-state index in [2.05, 4.69) is 15.4 Å². The van der Waals surface area contributed by atoms with Gasteiger partial charge in [-0.15, -0.1) is 0 Å². The summed E-state index contributed by atoms with van der Waals surface area (Å²) in [5.74, 6) is -2.07. The molecule has 1 aliphatic heterocycles. The molecule has 2 aromatic heterocycles. The lowest BCUT2D eigenvalue weighted by atomic mass is 10.0. The molecule has 0 saturated carbocycles. The van der Waals surface area contributed by atoms with Crippen molar-refractivity contribution in [2.45, 2.75) is 25.4 Å². The van der Waals surface area contributed by atoms with E-state index in [-0.39, 0.29) is 0 Å². The zero-order valence-corrected chi connectivity index (χ0v) is 14.6. The van der Waals surface area contributed by atoms with Crippen LogP contribution in [0.25, 0.3) is 5.69 Å². The van der Waals surface area contributed by atoms with Gasteiger partial charge in [0.05, 0.1) is 29.4 Å². The van der Waals surface area contributed by atoms with Crippen LogP contribution in [0.1, 0.15) is 19.8 Å². The van der Waals surface area contributed by atoms with Gasteiger partial charge in [-0.05, 0) is 25.8 Å². The molecule has 3 heterocycles. The van der Waals surface area contributed by atoms with Crippen molar-refractivity contribution >= 4 is 17.5 Å². The summed E-state index contributed by atoms with van der Waals surface area (Å²) >= 11 is 0. The molecule has 1 aliphatic rings. The molecule has 0 aromatic carbocycles. The van der Waals surface area contributed by atoms with Crippen molar-refractivity contribution in [2.75, 3.05) is 25.5 Å². The SMILES string of the molecule is CN(CC1(C)CCCO1)C(=O)C(=O)Nc1cnn(-c2ccnc(F)c2)c1. The summed E-state index contributed by atoms with van der Waals surface area (Å²) in [6, 6.07) is 2.78. The Labute approximate surface area is 150 Å². The number of hydrogen-bond acceptors (Lipinski definition) is 5. The van der Waals surface area contributed by atoms with Gasteiger partial charge in [0.15, 0.2) is 0 Å². The lowest BCUT2D eigenvalue weighted by Crippen LogP contribution is -2.45. The number of amides is 2. The predicted molar refractivity (Wildman–Crippen MR) is 91.2 cm³/mol. The number of aromatic nitrogens is 3. The number of pyridine rings is 1. The second-order valence-electron chi connectivity index (χ2n) is 6.53. The van der Waals surface area contributed by atoms with Crippen molar-refractivity contribution in [1.82, 2.24) is 19.7 Å². The zero-order chi connectivity index (χ0) is 18.7. The fourth-order valence-electron chi connectivity index (χ4n) is 2.96. The van der Waals surface area contributed by atoms with Gasteiger partial charge in [0.25, 0.3) is 0 Å². The summed E-state index contributed by atoms with van der Waals surface area (Å²) < 4.78 is 20.2. The molecule has 0 spiro atoms. The maximum absolute atomic E-state index is 13.2. The van der Waals surface area contributed by atoms with Crippen LogP contribution >= 0.6 is 0 Å². The number of anilines is 1. The van der Waals surface area contributed by atoms with Crippen molar-refractivity contribution in [3.05, 3.63) is 36.7 Å². The van der Waals surface area contributed by atoms with Gasteiger partial charge in [-0.3, -0.25) is 9.59 Å². The Balaban J connectivity index is 1.61. The second kappa shape index (κ2) is 7.20. The first-order chi connectivity index (χ1) is 12.4. The highest BCUT2D eigenvalue weighted by Gasteiger charge is 2.33. The molecule has 9 heteroatoms. The van der Waals surface area contributed by atoms with Gasteiger partial charge >= 0.3 is 11.8 Å². The monoisotopic (exact) mass is 361 g/mol. The van der Waals surface area contributed by atoms with Crippen molar-refractivity contribution in [3.63, 3.8) is 0 Å². The smallest absolute Gasteiger partial charge is 0.313 e. The van der Waals surface area contributed by atoms with Gasteiger partial charge in [-0.25, -0.2) is 9.67 Å². The Hall–Kier alpha value is -2.81. The minimum atomic E-state index is -0.769. The first-order valence-corrected chi connectivity index (χ1v) is 8.23. The predicted octanol–water partition coefficient (Wildman–Crippen LogP) is 1.37. The van der Waals surface area contributed by atoms with Crippen LogP contribution in [0.3, 0.4) is 0 Å². The number of ether oxygens (including phenoxy) is 1. The number of hydrogen-bond donors (Lipinski definition) is 1. The Bertz CT molecular complexity index is 816. The highest BCUT2D eigenvalue weighted by Crippen LogP contribution is 2.25. The zero-order valence-electron chi connectivity index (χ0n) is 14.6. The Morgan fingerprint density at radius 2 is 2.31 bits per heavy atom. The molecule has 138 valence electrons. The Kier molecular flexibility index (Phi) is 4.99. The van der Waals surface area contributed by atoms with Gasteiger partial charge in [0.1, 0.15) is 0 Å². The number of halogens is 1. The van der Waals surface area contributed by atoms with Gasteiger partial charge in [0, 0.05) is 32.5 Å². The molecule has 0 aliphatic carbocycles. The quantitative estimate of drug-likeness (QED) is 0.656. The maximum Gasteiger partial charge on any atom is 0.313 e. The summed E-state index contributed by atoms with van der Waals surface area (Å²) in [6.45, 7) is 2.94. The lowest BCUT2D eigenvalue weighted by molar-refractivity contribution is -0.144. The van der Waals surface area contributed by atoms with Crippen LogP contribution in [0.2, 0.25) is 0 Å². The number of carbonyl (C=O) groups is 2. The molecular formula is C17H20FN5O3. The summed E-state index contributed by atoms with van der Waals surface area (Å²) in [5.41, 5.74) is 0.367. The minimum Gasteiger partial charge on any atom is -0.373 e. The molecule has 0 bridgehead atoms. The highest BCUT2D eigenvalue weighted by molar-refractivity contribution is 6.39. The molecule has 1 fully saturated rings. The molecule has 1 N–H and O–H groups in total. The molecule has 8 nitrogen and oxygen atoms in total. The number of nitrogens with zero attached hydrogens (tertiary/aromatic N) is 4. The van der Waals surface area contributed by atoms with Gasteiger partial charge < -0.3 is 15.0 Å².